The van der Waals surface area contributed by atoms with Gasteiger partial charge in [-0.3, -0.25) is 14.5 Å². The first-order chi connectivity index (χ1) is 11.2. The van der Waals surface area contributed by atoms with E-state index in [1.807, 2.05) is 0 Å². The molecule has 3 fully saturated rings. The Morgan fingerprint density at radius 2 is 1.87 bits per heavy atom. The number of hydrogen-bond donors (Lipinski definition) is 2. The summed E-state index contributed by atoms with van der Waals surface area (Å²) < 4.78 is 0. The van der Waals surface area contributed by atoms with Crippen molar-refractivity contribution in [1.29, 1.82) is 0 Å². The second-order valence-electron chi connectivity index (χ2n) is 7.69. The predicted molar refractivity (Wildman–Crippen MR) is 89.8 cm³/mol. The molecular weight excluding hydrogens is 290 g/mol. The van der Waals surface area contributed by atoms with Crippen LogP contribution in [0.3, 0.4) is 0 Å². The van der Waals surface area contributed by atoms with Crippen molar-refractivity contribution in [3.8, 4) is 0 Å². The first kappa shape index (κ1) is 16.7. The van der Waals surface area contributed by atoms with E-state index in [0.717, 1.165) is 51.2 Å². The van der Waals surface area contributed by atoms with Crippen LogP contribution in [0.4, 0.5) is 0 Å². The molecule has 0 radical (unpaired) electrons. The molecule has 0 spiro atoms. The Hall–Kier alpha value is -1.10. The van der Waals surface area contributed by atoms with E-state index in [2.05, 4.69) is 22.5 Å². The van der Waals surface area contributed by atoms with Gasteiger partial charge in [-0.05, 0) is 50.4 Å². The standard InChI is InChI=1S/C18H31N3O2/c1-2-7-19-17(22)12-21-8-5-15(6-9-21)20-18(23)16-11-13-3-4-14(16)10-13/h13-16H,2-12H2,1H3,(H,19,22)(H,20,23)/t13-,14-,16-/m0/s1. The molecule has 130 valence electrons. The number of piperidine rings is 1. The van der Waals surface area contributed by atoms with Crippen LogP contribution in [-0.4, -0.2) is 48.9 Å². The third kappa shape index (κ3) is 4.25. The molecule has 1 heterocycles. The van der Waals surface area contributed by atoms with Gasteiger partial charge in [-0.25, -0.2) is 0 Å². The lowest BCUT2D eigenvalue weighted by atomic mass is 9.87. The van der Waals surface area contributed by atoms with E-state index in [4.69, 9.17) is 0 Å². The van der Waals surface area contributed by atoms with Gasteiger partial charge in [0.25, 0.3) is 0 Å². The van der Waals surface area contributed by atoms with E-state index in [9.17, 15) is 9.59 Å². The molecule has 3 aliphatic rings. The molecule has 5 nitrogen and oxygen atoms in total. The van der Waals surface area contributed by atoms with Gasteiger partial charge in [0.1, 0.15) is 0 Å². The molecule has 0 unspecified atom stereocenters. The summed E-state index contributed by atoms with van der Waals surface area (Å²) in [7, 11) is 0. The van der Waals surface area contributed by atoms with E-state index >= 15 is 0 Å². The lowest BCUT2D eigenvalue weighted by Gasteiger charge is -2.33. The largest absolute Gasteiger partial charge is 0.355 e. The van der Waals surface area contributed by atoms with Crippen LogP contribution in [0.5, 0.6) is 0 Å². The zero-order valence-corrected chi connectivity index (χ0v) is 14.4. The highest BCUT2D eigenvalue weighted by atomic mass is 16.2. The third-order valence-corrected chi connectivity index (χ3v) is 5.95. The second kappa shape index (κ2) is 7.65. The molecule has 3 atom stereocenters. The third-order valence-electron chi connectivity index (χ3n) is 5.95. The SMILES string of the molecule is CCCNC(=O)CN1CCC(NC(=O)[C@H]2C[C@H]3CC[C@H]2C3)CC1. The molecular formula is C18H31N3O2. The number of fused-ring (bicyclic) bond motifs is 2. The van der Waals surface area contributed by atoms with Crippen molar-refractivity contribution in [1.82, 2.24) is 15.5 Å². The van der Waals surface area contributed by atoms with Gasteiger partial charge in [0.05, 0.1) is 6.54 Å². The smallest absolute Gasteiger partial charge is 0.234 e. The van der Waals surface area contributed by atoms with Gasteiger partial charge in [-0.1, -0.05) is 13.3 Å². The summed E-state index contributed by atoms with van der Waals surface area (Å²) in [5.74, 6) is 2.18. The normalized spacial score (nSPS) is 31.3. The van der Waals surface area contributed by atoms with Crippen LogP contribution >= 0.6 is 0 Å². The van der Waals surface area contributed by atoms with Crippen LogP contribution in [0, 0.1) is 17.8 Å². The Balaban J connectivity index is 1.36. The molecule has 0 aromatic heterocycles. The molecule has 2 N–H and O–H groups in total. The van der Waals surface area contributed by atoms with Crippen LogP contribution in [-0.2, 0) is 9.59 Å². The quantitative estimate of drug-likeness (QED) is 0.780. The maximum Gasteiger partial charge on any atom is 0.234 e. The summed E-state index contributed by atoms with van der Waals surface area (Å²) in [6.07, 6.45) is 7.90. The predicted octanol–water partition coefficient (Wildman–Crippen LogP) is 1.53. The van der Waals surface area contributed by atoms with Gasteiger partial charge < -0.3 is 10.6 Å². The molecule has 5 heteroatoms. The maximum atomic E-state index is 12.5. The Morgan fingerprint density at radius 1 is 1.09 bits per heavy atom. The fourth-order valence-corrected chi connectivity index (χ4v) is 4.63. The molecule has 3 rings (SSSR count). The molecule has 1 aliphatic heterocycles. The summed E-state index contributed by atoms with van der Waals surface area (Å²) in [5.41, 5.74) is 0. The molecule has 2 saturated carbocycles. The highest BCUT2D eigenvalue weighted by Gasteiger charge is 2.43. The Kier molecular flexibility index (Phi) is 5.57. The van der Waals surface area contributed by atoms with Crippen LogP contribution in [0.1, 0.15) is 51.9 Å². The van der Waals surface area contributed by atoms with Gasteiger partial charge in [0, 0.05) is 31.6 Å². The van der Waals surface area contributed by atoms with E-state index in [1.165, 1.54) is 19.3 Å². The fourth-order valence-electron chi connectivity index (χ4n) is 4.63. The van der Waals surface area contributed by atoms with Crippen LogP contribution in [0.2, 0.25) is 0 Å². The number of carbonyl (C=O) groups excluding carboxylic acids is 2. The van der Waals surface area contributed by atoms with Crippen LogP contribution < -0.4 is 10.6 Å². The molecule has 0 aromatic carbocycles. The summed E-state index contributed by atoms with van der Waals surface area (Å²) >= 11 is 0. The van der Waals surface area contributed by atoms with Crippen molar-refractivity contribution in [2.45, 2.75) is 57.9 Å². The Labute approximate surface area is 139 Å². The lowest BCUT2D eigenvalue weighted by molar-refractivity contribution is -0.128. The van der Waals surface area contributed by atoms with E-state index in [1.54, 1.807) is 0 Å². The zero-order valence-electron chi connectivity index (χ0n) is 14.4. The minimum Gasteiger partial charge on any atom is -0.355 e. The van der Waals surface area contributed by atoms with Crippen molar-refractivity contribution in [2.24, 2.45) is 17.8 Å². The van der Waals surface area contributed by atoms with Gasteiger partial charge in [0.15, 0.2) is 0 Å². The average molecular weight is 321 g/mol. The molecule has 2 bridgehead atoms. The average Bonchev–Trinajstić information content (AvgIpc) is 3.18. The zero-order chi connectivity index (χ0) is 16.2. The fraction of sp³-hybridized carbons (Fsp3) is 0.889. The minimum atomic E-state index is 0.122. The monoisotopic (exact) mass is 321 g/mol. The van der Waals surface area contributed by atoms with Crippen molar-refractivity contribution in [3.05, 3.63) is 0 Å². The van der Waals surface area contributed by atoms with Crippen LogP contribution in [0.25, 0.3) is 0 Å². The summed E-state index contributed by atoms with van der Waals surface area (Å²) in [6.45, 7) is 5.12. The number of carbonyl (C=O) groups is 2. The molecule has 1 saturated heterocycles. The summed E-state index contributed by atoms with van der Waals surface area (Å²) in [4.78, 5) is 26.4. The second-order valence-corrected chi connectivity index (χ2v) is 7.69. The van der Waals surface area contributed by atoms with Crippen molar-refractivity contribution >= 4 is 11.8 Å². The lowest BCUT2D eigenvalue weighted by Crippen LogP contribution is -2.49. The number of amides is 2. The molecule has 0 aromatic rings. The van der Waals surface area contributed by atoms with Crippen LogP contribution in [0.15, 0.2) is 0 Å². The van der Waals surface area contributed by atoms with E-state index in [-0.39, 0.29) is 11.8 Å². The van der Waals surface area contributed by atoms with Crippen molar-refractivity contribution in [3.63, 3.8) is 0 Å². The van der Waals surface area contributed by atoms with Crippen molar-refractivity contribution < 1.29 is 9.59 Å². The number of hydrogen-bond acceptors (Lipinski definition) is 3. The molecule has 2 aliphatic carbocycles. The van der Waals surface area contributed by atoms with E-state index < -0.39 is 0 Å². The summed E-state index contributed by atoms with van der Waals surface area (Å²) in [6, 6.07) is 0.302. The number of nitrogens with one attached hydrogen (secondary N) is 2. The Morgan fingerprint density at radius 3 is 2.48 bits per heavy atom. The first-order valence-corrected chi connectivity index (χ1v) is 9.45. The molecule has 2 amide bonds. The molecule has 23 heavy (non-hydrogen) atoms. The Bertz CT molecular complexity index is 432. The number of rotatable bonds is 6. The number of nitrogens with zero attached hydrogens (tertiary/aromatic N) is 1. The van der Waals surface area contributed by atoms with Gasteiger partial charge in [-0.2, -0.15) is 0 Å². The van der Waals surface area contributed by atoms with E-state index in [0.29, 0.717) is 24.4 Å². The van der Waals surface area contributed by atoms with Gasteiger partial charge >= 0.3 is 0 Å². The van der Waals surface area contributed by atoms with Gasteiger partial charge in [-0.15, -0.1) is 0 Å². The summed E-state index contributed by atoms with van der Waals surface area (Å²) in [5, 5.41) is 6.21. The highest BCUT2D eigenvalue weighted by Crippen LogP contribution is 2.48. The minimum absolute atomic E-state index is 0.122. The number of likely N-dealkylation sites (tertiary alicyclic amines) is 1. The first-order valence-electron chi connectivity index (χ1n) is 9.45. The van der Waals surface area contributed by atoms with Gasteiger partial charge in [0.2, 0.25) is 11.8 Å². The topological polar surface area (TPSA) is 61.4 Å². The maximum absolute atomic E-state index is 12.5. The highest BCUT2D eigenvalue weighted by molar-refractivity contribution is 5.80. The van der Waals surface area contributed by atoms with Crippen molar-refractivity contribution in [2.75, 3.05) is 26.2 Å².